The second-order valence-corrected chi connectivity index (χ2v) is 9.56. The van der Waals surface area contributed by atoms with Gasteiger partial charge in [0.2, 0.25) is 12.7 Å². The first-order chi connectivity index (χ1) is 17.4. The van der Waals surface area contributed by atoms with Gasteiger partial charge < -0.3 is 14.8 Å². The van der Waals surface area contributed by atoms with Gasteiger partial charge in [-0.2, -0.15) is 0 Å². The quantitative estimate of drug-likeness (QED) is 0.472. The third-order valence-corrected chi connectivity index (χ3v) is 6.84. The molecule has 8 heteroatoms. The van der Waals surface area contributed by atoms with E-state index in [-0.39, 0.29) is 30.1 Å². The van der Waals surface area contributed by atoms with Crippen LogP contribution in [0.4, 0.5) is 11.4 Å². The average molecular weight is 500 g/mol. The molecule has 0 spiro atoms. The number of hydrogen-bond acceptors (Lipinski definition) is 6. The van der Waals surface area contributed by atoms with E-state index >= 15 is 0 Å². The van der Waals surface area contributed by atoms with Crippen molar-refractivity contribution in [3.05, 3.63) is 88.6 Å². The molecule has 3 aromatic rings. The summed E-state index contributed by atoms with van der Waals surface area (Å²) < 4.78 is 10.8. The van der Waals surface area contributed by atoms with Crippen LogP contribution in [-0.2, 0) is 9.59 Å². The Kier molecular flexibility index (Phi) is 6.52. The molecule has 0 fully saturated rings. The SMILES string of the molecule is Cc1ccc(N2C(=O)/C(=C\c3ccc4c(c3)OCO4)N=C2SCC(=O)Nc2c(C)cccc2C)cc1. The zero-order chi connectivity index (χ0) is 25.2. The molecular weight excluding hydrogens is 474 g/mol. The molecule has 2 heterocycles. The van der Waals surface area contributed by atoms with E-state index in [1.54, 1.807) is 11.0 Å². The Balaban J connectivity index is 1.40. The predicted molar refractivity (Wildman–Crippen MR) is 144 cm³/mol. The number of nitrogens with one attached hydrogen (secondary N) is 1. The van der Waals surface area contributed by atoms with E-state index in [2.05, 4.69) is 10.3 Å². The molecule has 2 aliphatic heterocycles. The summed E-state index contributed by atoms with van der Waals surface area (Å²) in [5, 5.41) is 3.44. The minimum absolute atomic E-state index is 0.111. The average Bonchev–Trinajstić information content (AvgIpc) is 3.45. The van der Waals surface area contributed by atoms with Gasteiger partial charge in [0.15, 0.2) is 16.7 Å². The number of nitrogens with zero attached hydrogens (tertiary/aromatic N) is 2. The fourth-order valence-corrected chi connectivity index (χ4v) is 4.81. The van der Waals surface area contributed by atoms with Gasteiger partial charge in [0.25, 0.3) is 5.91 Å². The lowest BCUT2D eigenvalue weighted by molar-refractivity contribution is -0.114. The van der Waals surface area contributed by atoms with Crippen molar-refractivity contribution in [2.24, 2.45) is 4.99 Å². The first-order valence-corrected chi connectivity index (χ1v) is 12.5. The predicted octanol–water partition coefficient (Wildman–Crippen LogP) is 5.46. The Morgan fingerprint density at radius 2 is 1.75 bits per heavy atom. The minimum atomic E-state index is -0.255. The molecule has 5 rings (SSSR count). The lowest BCUT2D eigenvalue weighted by Crippen LogP contribution is -2.31. The van der Waals surface area contributed by atoms with Crippen molar-refractivity contribution >= 4 is 46.2 Å². The molecule has 0 saturated carbocycles. The Morgan fingerprint density at radius 1 is 1.03 bits per heavy atom. The molecule has 0 aliphatic carbocycles. The first kappa shape index (κ1) is 23.7. The van der Waals surface area contributed by atoms with Gasteiger partial charge in [0.05, 0.1) is 11.4 Å². The summed E-state index contributed by atoms with van der Waals surface area (Å²) in [4.78, 5) is 32.4. The summed E-state index contributed by atoms with van der Waals surface area (Å²) >= 11 is 1.23. The minimum Gasteiger partial charge on any atom is -0.454 e. The molecule has 2 amide bonds. The molecule has 36 heavy (non-hydrogen) atoms. The molecule has 7 nitrogen and oxygen atoms in total. The van der Waals surface area contributed by atoms with Crippen LogP contribution in [0.25, 0.3) is 6.08 Å². The molecule has 0 aromatic heterocycles. The molecule has 0 radical (unpaired) electrons. The Hall–Kier alpha value is -4.04. The second-order valence-electron chi connectivity index (χ2n) is 8.62. The monoisotopic (exact) mass is 499 g/mol. The van der Waals surface area contributed by atoms with Crippen molar-refractivity contribution < 1.29 is 19.1 Å². The number of aryl methyl sites for hydroxylation is 3. The Morgan fingerprint density at radius 3 is 2.50 bits per heavy atom. The van der Waals surface area contributed by atoms with Gasteiger partial charge in [-0.3, -0.25) is 14.5 Å². The summed E-state index contributed by atoms with van der Waals surface area (Å²) in [6.07, 6.45) is 1.72. The largest absolute Gasteiger partial charge is 0.454 e. The number of hydrogen-bond donors (Lipinski definition) is 1. The summed E-state index contributed by atoms with van der Waals surface area (Å²) in [7, 11) is 0. The van der Waals surface area contributed by atoms with Gasteiger partial charge in [-0.15, -0.1) is 0 Å². The summed E-state index contributed by atoms with van der Waals surface area (Å²) in [6.45, 7) is 6.09. The number of rotatable bonds is 5. The maximum Gasteiger partial charge on any atom is 0.283 e. The third kappa shape index (κ3) is 4.85. The number of carbonyl (C=O) groups is 2. The van der Waals surface area contributed by atoms with E-state index in [1.165, 1.54) is 11.8 Å². The number of ether oxygens (including phenoxy) is 2. The number of benzene rings is 3. The fraction of sp³-hybridized carbons (Fsp3) is 0.179. The normalized spacial score (nSPS) is 15.4. The number of aliphatic imine (C=N–C) groups is 1. The molecular formula is C28H25N3O4S. The highest BCUT2D eigenvalue weighted by molar-refractivity contribution is 8.14. The van der Waals surface area contributed by atoms with Crippen molar-refractivity contribution in [1.82, 2.24) is 0 Å². The smallest absolute Gasteiger partial charge is 0.283 e. The van der Waals surface area contributed by atoms with Gasteiger partial charge in [-0.1, -0.05) is 53.7 Å². The van der Waals surface area contributed by atoms with Gasteiger partial charge in [-0.05, 0) is 67.8 Å². The van der Waals surface area contributed by atoms with Crippen LogP contribution >= 0.6 is 11.8 Å². The van der Waals surface area contributed by atoms with Crippen LogP contribution in [-0.4, -0.2) is 29.5 Å². The van der Waals surface area contributed by atoms with Crippen LogP contribution in [0.3, 0.4) is 0 Å². The lowest BCUT2D eigenvalue weighted by Gasteiger charge is -2.18. The molecule has 182 valence electrons. The number of anilines is 2. The number of amides is 2. The maximum atomic E-state index is 13.4. The number of carbonyl (C=O) groups excluding carboxylic acids is 2. The van der Waals surface area contributed by atoms with Crippen LogP contribution in [0.5, 0.6) is 11.5 Å². The van der Waals surface area contributed by atoms with E-state index in [9.17, 15) is 9.59 Å². The molecule has 2 aliphatic rings. The fourth-order valence-electron chi connectivity index (χ4n) is 3.99. The van der Waals surface area contributed by atoms with Gasteiger partial charge in [-0.25, -0.2) is 4.99 Å². The summed E-state index contributed by atoms with van der Waals surface area (Å²) in [5.74, 6) is 0.996. The molecule has 0 saturated heterocycles. The second kappa shape index (κ2) is 9.91. The standard InChI is InChI=1S/C28H25N3O4S/c1-17-7-10-21(11-8-17)31-27(33)22(13-20-9-12-23-24(14-20)35-16-34-23)29-28(31)36-15-25(32)30-26-18(2)5-4-6-19(26)3/h4-14H,15-16H2,1-3H3,(H,30,32)/b22-13+. The summed E-state index contributed by atoms with van der Waals surface area (Å²) in [6, 6.07) is 19.0. The maximum absolute atomic E-state index is 13.4. The molecule has 3 aromatic carbocycles. The zero-order valence-electron chi connectivity index (χ0n) is 20.2. The molecule has 0 bridgehead atoms. The van der Waals surface area contributed by atoms with Crippen molar-refractivity contribution in [2.45, 2.75) is 20.8 Å². The van der Waals surface area contributed by atoms with Crippen molar-refractivity contribution in [3.8, 4) is 11.5 Å². The number of fused-ring (bicyclic) bond motifs is 1. The van der Waals surface area contributed by atoms with Crippen molar-refractivity contribution in [1.29, 1.82) is 0 Å². The highest BCUT2D eigenvalue weighted by Crippen LogP contribution is 2.35. The van der Waals surface area contributed by atoms with Crippen LogP contribution in [0, 0.1) is 20.8 Å². The van der Waals surface area contributed by atoms with Crippen molar-refractivity contribution in [2.75, 3.05) is 22.8 Å². The van der Waals surface area contributed by atoms with Crippen LogP contribution in [0.2, 0.25) is 0 Å². The lowest BCUT2D eigenvalue weighted by atomic mass is 10.1. The number of para-hydroxylation sites is 1. The highest BCUT2D eigenvalue weighted by Gasteiger charge is 2.32. The van der Waals surface area contributed by atoms with Crippen LogP contribution < -0.4 is 19.7 Å². The van der Waals surface area contributed by atoms with E-state index in [1.807, 2.05) is 81.4 Å². The Bertz CT molecular complexity index is 1390. The third-order valence-electron chi connectivity index (χ3n) is 5.90. The number of amidine groups is 1. The highest BCUT2D eigenvalue weighted by atomic mass is 32.2. The van der Waals surface area contributed by atoms with Gasteiger partial charge >= 0.3 is 0 Å². The zero-order valence-corrected chi connectivity index (χ0v) is 21.0. The van der Waals surface area contributed by atoms with Crippen LogP contribution in [0.1, 0.15) is 22.3 Å². The van der Waals surface area contributed by atoms with E-state index in [0.717, 1.165) is 27.9 Å². The van der Waals surface area contributed by atoms with E-state index < -0.39 is 0 Å². The first-order valence-electron chi connectivity index (χ1n) is 11.5. The van der Waals surface area contributed by atoms with Crippen molar-refractivity contribution in [3.63, 3.8) is 0 Å². The Labute approximate surface area is 213 Å². The molecule has 0 atom stereocenters. The molecule has 1 N–H and O–H groups in total. The van der Waals surface area contributed by atoms with E-state index in [0.29, 0.717) is 22.4 Å². The van der Waals surface area contributed by atoms with Gasteiger partial charge in [0.1, 0.15) is 5.70 Å². The topological polar surface area (TPSA) is 80.2 Å². The van der Waals surface area contributed by atoms with Crippen LogP contribution in [0.15, 0.2) is 71.4 Å². The molecule has 0 unspecified atom stereocenters. The summed E-state index contributed by atoms with van der Waals surface area (Å²) in [5.41, 5.74) is 5.64. The van der Waals surface area contributed by atoms with E-state index in [4.69, 9.17) is 9.47 Å². The number of thioether (sulfide) groups is 1. The van der Waals surface area contributed by atoms with Gasteiger partial charge in [0, 0.05) is 5.69 Å².